The Morgan fingerprint density at radius 2 is 1.84 bits per heavy atom. The van der Waals surface area contributed by atoms with Crippen molar-refractivity contribution in [2.75, 3.05) is 6.61 Å². The van der Waals surface area contributed by atoms with Crippen molar-refractivity contribution in [1.82, 2.24) is 5.32 Å². The molecular weight excluding hydrogens is 413 g/mol. The predicted molar refractivity (Wildman–Crippen MR) is 110 cm³/mol. The summed E-state index contributed by atoms with van der Waals surface area (Å²) in [6, 6.07) is -2.00. The first kappa shape index (κ1) is 25.6. The maximum Gasteiger partial charge on any atom is 0.471 e. The molecule has 2 aliphatic rings. The van der Waals surface area contributed by atoms with Crippen LogP contribution in [-0.4, -0.2) is 49.0 Å². The lowest BCUT2D eigenvalue weighted by Crippen LogP contribution is -2.59. The number of carbonyl (C=O) groups is 2. The normalized spacial score (nSPS) is 25.3. The molecule has 6 nitrogen and oxygen atoms in total. The maximum absolute atomic E-state index is 12.8. The second-order valence-electron chi connectivity index (χ2n) is 8.52. The van der Waals surface area contributed by atoms with Crippen LogP contribution in [-0.2, 0) is 19.1 Å². The number of rotatable bonds is 9. The van der Waals surface area contributed by atoms with Crippen molar-refractivity contribution < 1.29 is 32.2 Å². The molecule has 0 saturated heterocycles. The van der Waals surface area contributed by atoms with E-state index in [0.717, 1.165) is 19.3 Å². The van der Waals surface area contributed by atoms with Crippen molar-refractivity contribution in [3.8, 4) is 0 Å². The van der Waals surface area contributed by atoms with Gasteiger partial charge in [0.25, 0.3) is 0 Å². The number of carbonyl (C=O) groups excluding carboxylic acids is 2. The zero-order chi connectivity index (χ0) is 23.0. The van der Waals surface area contributed by atoms with Crippen molar-refractivity contribution in [3.05, 3.63) is 11.6 Å². The Bertz CT molecular complexity index is 629. The maximum atomic E-state index is 12.8. The van der Waals surface area contributed by atoms with Crippen molar-refractivity contribution in [2.24, 2.45) is 11.7 Å². The molecule has 0 aromatic carbocycles. The van der Waals surface area contributed by atoms with Gasteiger partial charge in [-0.2, -0.15) is 13.2 Å². The third kappa shape index (κ3) is 7.79. The Morgan fingerprint density at radius 1 is 1.19 bits per heavy atom. The molecule has 2 aliphatic carbocycles. The summed E-state index contributed by atoms with van der Waals surface area (Å²) in [6.45, 7) is 4.09. The standard InChI is InChI=1S/C22H35F3N2O4/c1-3-16(4-2)31-18-13-15(12-17(26)19(18)27-21(29)22(23,24)25)20(28)30-11-10-14-8-6-5-7-9-14/h13-14,16-19H,3-12,26H2,1-2H3,(H,27,29)/t17-,18+,19+/m0/s1. The lowest BCUT2D eigenvalue weighted by atomic mass is 9.87. The fourth-order valence-corrected chi connectivity index (χ4v) is 4.28. The number of hydrogen-bond donors (Lipinski definition) is 2. The fourth-order valence-electron chi connectivity index (χ4n) is 4.28. The molecule has 2 rings (SSSR count). The summed E-state index contributed by atoms with van der Waals surface area (Å²) in [4.78, 5) is 24.1. The van der Waals surface area contributed by atoms with E-state index in [9.17, 15) is 22.8 Å². The van der Waals surface area contributed by atoms with Gasteiger partial charge in [0.1, 0.15) is 0 Å². The molecule has 1 saturated carbocycles. The van der Waals surface area contributed by atoms with Crippen LogP contribution in [0.25, 0.3) is 0 Å². The third-order valence-electron chi connectivity index (χ3n) is 6.20. The van der Waals surface area contributed by atoms with Gasteiger partial charge >= 0.3 is 18.1 Å². The van der Waals surface area contributed by atoms with E-state index in [0.29, 0.717) is 25.4 Å². The zero-order valence-corrected chi connectivity index (χ0v) is 18.4. The smallest absolute Gasteiger partial charge is 0.462 e. The van der Waals surface area contributed by atoms with Gasteiger partial charge in [0.15, 0.2) is 0 Å². The van der Waals surface area contributed by atoms with E-state index in [4.69, 9.17) is 15.2 Å². The van der Waals surface area contributed by atoms with Crippen molar-refractivity contribution in [2.45, 2.75) is 102 Å². The first-order valence-corrected chi connectivity index (χ1v) is 11.3. The van der Waals surface area contributed by atoms with Crippen LogP contribution in [0, 0.1) is 5.92 Å². The average Bonchev–Trinajstić information content (AvgIpc) is 2.73. The van der Waals surface area contributed by atoms with Gasteiger partial charge in [0, 0.05) is 11.6 Å². The SMILES string of the molecule is CCC(CC)O[C@@H]1C=C(C(=O)OCCC2CCCCC2)C[C@H](N)[C@H]1NC(=O)C(F)(F)F. The summed E-state index contributed by atoms with van der Waals surface area (Å²) in [5, 5.41) is 1.95. The number of amides is 1. The Labute approximate surface area is 182 Å². The number of nitrogens with one attached hydrogen (secondary N) is 1. The van der Waals surface area contributed by atoms with Gasteiger partial charge < -0.3 is 20.5 Å². The van der Waals surface area contributed by atoms with E-state index >= 15 is 0 Å². The highest BCUT2D eigenvalue weighted by Crippen LogP contribution is 2.28. The summed E-state index contributed by atoms with van der Waals surface area (Å²) in [5.41, 5.74) is 6.36. The number of hydrogen-bond acceptors (Lipinski definition) is 5. The Balaban J connectivity index is 2.06. The van der Waals surface area contributed by atoms with E-state index in [2.05, 4.69) is 0 Å². The summed E-state index contributed by atoms with van der Waals surface area (Å²) >= 11 is 0. The summed E-state index contributed by atoms with van der Waals surface area (Å²) < 4.78 is 49.6. The highest BCUT2D eigenvalue weighted by molar-refractivity contribution is 5.89. The predicted octanol–water partition coefficient (Wildman–Crippen LogP) is 3.78. The molecule has 3 atom stereocenters. The largest absolute Gasteiger partial charge is 0.471 e. The lowest BCUT2D eigenvalue weighted by molar-refractivity contribution is -0.175. The summed E-state index contributed by atoms with van der Waals surface area (Å²) in [6.07, 6.45) is 3.32. The van der Waals surface area contributed by atoms with E-state index < -0.39 is 36.2 Å². The molecule has 0 aromatic heterocycles. The Kier molecular flexibility index (Phi) is 9.81. The van der Waals surface area contributed by atoms with Crippen LogP contribution in [0.4, 0.5) is 13.2 Å². The molecule has 1 fully saturated rings. The van der Waals surface area contributed by atoms with Crippen LogP contribution in [0.5, 0.6) is 0 Å². The van der Waals surface area contributed by atoms with Crippen LogP contribution >= 0.6 is 0 Å². The lowest BCUT2D eigenvalue weighted by Gasteiger charge is -2.37. The second-order valence-corrected chi connectivity index (χ2v) is 8.52. The number of esters is 1. The van der Waals surface area contributed by atoms with Gasteiger partial charge in [0.2, 0.25) is 0 Å². The molecule has 3 N–H and O–H groups in total. The van der Waals surface area contributed by atoms with Gasteiger partial charge in [-0.1, -0.05) is 46.0 Å². The van der Waals surface area contributed by atoms with Crippen molar-refractivity contribution in [3.63, 3.8) is 0 Å². The molecule has 0 spiro atoms. The van der Waals surface area contributed by atoms with E-state index in [1.807, 2.05) is 19.2 Å². The average molecular weight is 449 g/mol. The quantitative estimate of drug-likeness (QED) is 0.524. The molecule has 0 radical (unpaired) electrons. The highest BCUT2D eigenvalue weighted by Gasteiger charge is 2.44. The van der Waals surface area contributed by atoms with Gasteiger partial charge in [-0.3, -0.25) is 4.79 Å². The topological polar surface area (TPSA) is 90.7 Å². The number of ether oxygens (including phenoxy) is 2. The van der Waals surface area contributed by atoms with Gasteiger partial charge in [-0.25, -0.2) is 4.79 Å². The molecule has 0 unspecified atom stereocenters. The molecule has 0 bridgehead atoms. The molecule has 0 aromatic rings. The van der Waals surface area contributed by atoms with Crippen LogP contribution in [0.15, 0.2) is 11.6 Å². The second kappa shape index (κ2) is 11.9. The van der Waals surface area contributed by atoms with E-state index in [1.54, 1.807) is 0 Å². The van der Waals surface area contributed by atoms with E-state index in [1.165, 1.54) is 25.3 Å². The monoisotopic (exact) mass is 448 g/mol. The molecule has 31 heavy (non-hydrogen) atoms. The van der Waals surface area contributed by atoms with Crippen molar-refractivity contribution >= 4 is 11.9 Å². The molecule has 1 amide bonds. The minimum Gasteiger partial charge on any atom is -0.462 e. The minimum atomic E-state index is -5.03. The highest BCUT2D eigenvalue weighted by atomic mass is 19.4. The molecule has 178 valence electrons. The van der Waals surface area contributed by atoms with Crippen molar-refractivity contribution in [1.29, 1.82) is 0 Å². The first-order valence-electron chi connectivity index (χ1n) is 11.3. The number of nitrogens with two attached hydrogens (primary N) is 1. The van der Waals surface area contributed by atoms with Crippen LogP contribution in [0.2, 0.25) is 0 Å². The van der Waals surface area contributed by atoms with E-state index in [-0.39, 0.29) is 18.1 Å². The summed E-state index contributed by atoms with van der Waals surface area (Å²) in [7, 11) is 0. The first-order chi connectivity index (χ1) is 14.7. The third-order valence-corrected chi connectivity index (χ3v) is 6.20. The van der Waals surface area contributed by atoms with Gasteiger partial charge in [-0.05, 0) is 37.7 Å². The fraction of sp³-hybridized carbons (Fsp3) is 0.818. The molecular formula is C22H35F3N2O4. The number of halogens is 3. The summed E-state index contributed by atoms with van der Waals surface area (Å²) in [5.74, 6) is -2.03. The van der Waals surface area contributed by atoms with Gasteiger partial charge in [-0.15, -0.1) is 0 Å². The van der Waals surface area contributed by atoms with Gasteiger partial charge in [0.05, 0.1) is 24.9 Å². The molecule has 9 heteroatoms. The molecule has 0 heterocycles. The Hall–Kier alpha value is -1.61. The molecule has 0 aliphatic heterocycles. The zero-order valence-electron chi connectivity index (χ0n) is 18.4. The Morgan fingerprint density at radius 3 is 2.42 bits per heavy atom. The number of alkyl halides is 3. The van der Waals surface area contributed by atoms with Crippen LogP contribution < -0.4 is 11.1 Å². The van der Waals surface area contributed by atoms with Crippen LogP contribution in [0.3, 0.4) is 0 Å². The minimum absolute atomic E-state index is 0.00778. The van der Waals surface area contributed by atoms with Crippen LogP contribution in [0.1, 0.15) is 71.6 Å².